The number of nitrogens with zero attached hydrogens (tertiary/aromatic N) is 3. The molecule has 0 bridgehead atoms. The number of piperazine rings is 1. The van der Waals surface area contributed by atoms with Gasteiger partial charge >= 0.3 is 0 Å². The normalized spacial score (nSPS) is 24.6. The van der Waals surface area contributed by atoms with E-state index in [4.69, 9.17) is 0 Å². The van der Waals surface area contributed by atoms with Gasteiger partial charge in [0.25, 0.3) is 5.91 Å². The number of aromatic hydroxyl groups is 1. The fourth-order valence-electron chi connectivity index (χ4n) is 5.00. The molecule has 1 aliphatic carbocycles. The van der Waals surface area contributed by atoms with Crippen molar-refractivity contribution in [3.05, 3.63) is 23.8 Å². The molecule has 1 aromatic rings. The van der Waals surface area contributed by atoms with E-state index >= 15 is 0 Å². The zero-order valence-electron chi connectivity index (χ0n) is 19.6. The number of rotatable bonds is 6. The fraction of sp³-hybridized carbons (Fsp3) is 0.667. The molecule has 3 N–H and O–H groups in total. The predicted octanol–water partition coefficient (Wildman–Crippen LogP) is 1.80. The van der Waals surface area contributed by atoms with Gasteiger partial charge in [0.05, 0.1) is 17.7 Å². The largest absolute Gasteiger partial charge is 0.507 e. The van der Waals surface area contributed by atoms with Crippen molar-refractivity contribution in [2.45, 2.75) is 64.6 Å². The van der Waals surface area contributed by atoms with Crippen LogP contribution in [-0.2, 0) is 4.79 Å². The highest BCUT2D eigenvalue weighted by Gasteiger charge is 2.36. The number of phenolic OH excluding ortho intramolecular Hbond substituents is 1. The van der Waals surface area contributed by atoms with Crippen LogP contribution in [-0.4, -0.2) is 89.3 Å². The van der Waals surface area contributed by atoms with Crippen molar-refractivity contribution in [3.8, 4) is 5.75 Å². The molecule has 1 heterocycles. The minimum Gasteiger partial charge on any atom is -0.507 e. The van der Waals surface area contributed by atoms with Crippen LogP contribution in [0.2, 0.25) is 0 Å². The number of hydrogen-bond acceptors (Lipinski definition) is 6. The molecular formula is C24H38N4O4. The Labute approximate surface area is 191 Å². The smallest absolute Gasteiger partial charge is 0.255 e. The number of aliphatic hydroxyl groups is 1. The second-order valence-corrected chi connectivity index (χ2v) is 8.84. The van der Waals surface area contributed by atoms with Gasteiger partial charge in [0.1, 0.15) is 5.75 Å². The summed E-state index contributed by atoms with van der Waals surface area (Å²) < 4.78 is 0. The molecule has 0 radical (unpaired) electrons. The van der Waals surface area contributed by atoms with E-state index in [9.17, 15) is 19.8 Å². The number of benzene rings is 1. The van der Waals surface area contributed by atoms with Crippen molar-refractivity contribution in [1.82, 2.24) is 15.1 Å². The summed E-state index contributed by atoms with van der Waals surface area (Å²) in [6, 6.07) is 4.71. The predicted molar refractivity (Wildman–Crippen MR) is 125 cm³/mol. The maximum absolute atomic E-state index is 13.0. The summed E-state index contributed by atoms with van der Waals surface area (Å²) in [6.45, 7) is 10.1. The number of amides is 2. The van der Waals surface area contributed by atoms with Gasteiger partial charge in [-0.3, -0.25) is 14.5 Å². The first-order valence-corrected chi connectivity index (χ1v) is 11.9. The molecule has 3 rings (SSSR count). The molecule has 178 valence electrons. The number of anilines is 1. The molecule has 8 heteroatoms. The summed E-state index contributed by atoms with van der Waals surface area (Å²) in [5.41, 5.74) is 1.10. The van der Waals surface area contributed by atoms with Gasteiger partial charge in [-0.05, 0) is 38.8 Å². The van der Waals surface area contributed by atoms with Crippen LogP contribution in [0.15, 0.2) is 18.2 Å². The Morgan fingerprint density at radius 1 is 1.09 bits per heavy atom. The van der Waals surface area contributed by atoms with Crippen molar-refractivity contribution in [2.24, 2.45) is 0 Å². The average molecular weight is 447 g/mol. The Morgan fingerprint density at radius 2 is 1.75 bits per heavy atom. The zero-order valence-corrected chi connectivity index (χ0v) is 19.6. The maximum atomic E-state index is 13.0. The molecule has 32 heavy (non-hydrogen) atoms. The van der Waals surface area contributed by atoms with Crippen molar-refractivity contribution < 1.29 is 19.8 Å². The number of carbonyl (C=O) groups excluding carboxylic acids is 2. The third-order valence-corrected chi connectivity index (χ3v) is 6.97. The highest BCUT2D eigenvalue weighted by molar-refractivity contribution is 5.97. The number of nitrogens with one attached hydrogen (secondary N) is 1. The van der Waals surface area contributed by atoms with Gasteiger partial charge in [-0.25, -0.2) is 0 Å². The van der Waals surface area contributed by atoms with Gasteiger partial charge in [-0.2, -0.15) is 0 Å². The van der Waals surface area contributed by atoms with Crippen LogP contribution >= 0.6 is 0 Å². The Balaban J connectivity index is 1.67. The molecule has 1 saturated carbocycles. The molecule has 0 unspecified atom stereocenters. The van der Waals surface area contributed by atoms with Crippen LogP contribution in [0.25, 0.3) is 0 Å². The summed E-state index contributed by atoms with van der Waals surface area (Å²) in [5, 5.41) is 24.6. The summed E-state index contributed by atoms with van der Waals surface area (Å²) in [4.78, 5) is 30.8. The Bertz CT molecular complexity index is 790. The number of phenols is 1. The lowest BCUT2D eigenvalue weighted by atomic mass is 9.98. The van der Waals surface area contributed by atoms with Gasteiger partial charge in [-0.15, -0.1) is 0 Å². The van der Waals surface area contributed by atoms with Crippen LogP contribution in [0, 0.1) is 0 Å². The van der Waals surface area contributed by atoms with E-state index in [2.05, 4.69) is 15.1 Å². The number of carbonyl (C=O) groups is 2. The molecule has 1 aromatic carbocycles. The Hall–Kier alpha value is -2.32. The lowest BCUT2D eigenvalue weighted by molar-refractivity contribution is -0.131. The molecule has 2 fully saturated rings. The number of aliphatic hydroxyl groups excluding tert-OH is 1. The van der Waals surface area contributed by atoms with E-state index in [-0.39, 0.29) is 35.2 Å². The fourth-order valence-corrected chi connectivity index (χ4v) is 5.00. The highest BCUT2D eigenvalue weighted by atomic mass is 16.3. The first kappa shape index (κ1) is 24.3. The molecular weight excluding hydrogens is 408 g/mol. The topological polar surface area (TPSA) is 96.4 Å². The summed E-state index contributed by atoms with van der Waals surface area (Å²) in [5.74, 6) is -0.324. The second-order valence-electron chi connectivity index (χ2n) is 8.84. The average Bonchev–Trinajstić information content (AvgIpc) is 2.96. The summed E-state index contributed by atoms with van der Waals surface area (Å²) in [7, 11) is 0. The number of hydrogen-bond donors (Lipinski definition) is 3. The Morgan fingerprint density at radius 3 is 2.34 bits per heavy atom. The van der Waals surface area contributed by atoms with Gasteiger partial charge < -0.3 is 25.3 Å². The maximum Gasteiger partial charge on any atom is 0.255 e. The van der Waals surface area contributed by atoms with E-state index in [0.717, 1.165) is 51.1 Å². The van der Waals surface area contributed by atoms with Crippen molar-refractivity contribution >= 4 is 17.5 Å². The minimum atomic E-state index is -0.692. The molecule has 2 aliphatic rings. The molecule has 0 spiro atoms. The van der Waals surface area contributed by atoms with Crippen LogP contribution in [0.3, 0.4) is 0 Å². The highest BCUT2D eigenvalue weighted by Crippen LogP contribution is 2.27. The van der Waals surface area contributed by atoms with E-state index in [1.807, 2.05) is 24.8 Å². The quantitative estimate of drug-likeness (QED) is 0.577. The first-order chi connectivity index (χ1) is 15.3. The Kier molecular flexibility index (Phi) is 8.37. The third-order valence-electron chi connectivity index (χ3n) is 6.97. The lowest BCUT2D eigenvalue weighted by Gasteiger charge is -2.41. The molecule has 0 aromatic heterocycles. The van der Waals surface area contributed by atoms with Crippen LogP contribution < -0.4 is 10.2 Å². The van der Waals surface area contributed by atoms with Crippen LogP contribution in [0.5, 0.6) is 5.75 Å². The minimum absolute atomic E-state index is 0.0458. The molecule has 2 amide bonds. The van der Waals surface area contributed by atoms with Crippen LogP contribution in [0.1, 0.15) is 56.8 Å². The summed E-state index contributed by atoms with van der Waals surface area (Å²) >= 11 is 0. The standard InChI is InChI=1S/C24H38N4O4/c1-4-26(5-2)18-10-11-19(22(30)16-18)24(32)25-20-8-6-7-9-21(23(20)31)28-14-12-27(13-15-28)17(3)29/h10-11,16,20-21,23,30-31H,4-9,12-15H2,1-3H3,(H,25,32)/t20-,21-,23-/m1/s1. The third kappa shape index (κ3) is 5.53. The molecule has 3 atom stereocenters. The first-order valence-electron chi connectivity index (χ1n) is 11.9. The second kappa shape index (κ2) is 11.0. The van der Waals surface area contributed by atoms with Crippen molar-refractivity contribution in [2.75, 3.05) is 44.2 Å². The van der Waals surface area contributed by atoms with Crippen molar-refractivity contribution in [3.63, 3.8) is 0 Å². The van der Waals surface area contributed by atoms with E-state index < -0.39 is 6.10 Å². The molecule has 1 saturated heterocycles. The van der Waals surface area contributed by atoms with Crippen LogP contribution in [0.4, 0.5) is 5.69 Å². The van der Waals surface area contributed by atoms with Gasteiger partial charge in [0, 0.05) is 64.0 Å². The summed E-state index contributed by atoms with van der Waals surface area (Å²) in [6.07, 6.45) is 2.80. The van der Waals surface area contributed by atoms with E-state index in [1.165, 1.54) is 0 Å². The SMILES string of the molecule is CCN(CC)c1ccc(C(=O)N[C@@H]2CCCC[C@@H](N3CCN(C(C)=O)CC3)[C@@H]2O)c(O)c1. The van der Waals surface area contributed by atoms with E-state index in [0.29, 0.717) is 19.5 Å². The van der Waals surface area contributed by atoms with Crippen molar-refractivity contribution in [1.29, 1.82) is 0 Å². The van der Waals surface area contributed by atoms with E-state index in [1.54, 1.807) is 19.1 Å². The zero-order chi connectivity index (χ0) is 23.3. The van der Waals surface area contributed by atoms with Gasteiger partial charge in [0.2, 0.25) is 5.91 Å². The van der Waals surface area contributed by atoms with Gasteiger partial charge in [0.15, 0.2) is 0 Å². The van der Waals surface area contributed by atoms with Gasteiger partial charge in [-0.1, -0.05) is 12.8 Å². The lowest BCUT2D eigenvalue weighted by Crippen LogP contribution is -2.58. The molecule has 8 nitrogen and oxygen atoms in total. The molecule has 1 aliphatic heterocycles. The monoisotopic (exact) mass is 446 g/mol.